The Bertz CT molecular complexity index is 2700. The van der Waals surface area contributed by atoms with Gasteiger partial charge in [-0.2, -0.15) is 0 Å². The average Bonchev–Trinajstić information content (AvgIpc) is 3.34. The molecule has 14 heteroatoms. The number of hydrogen-bond donors (Lipinski definition) is 3. The highest BCUT2D eigenvalue weighted by molar-refractivity contribution is 7.99. The smallest absolute Gasteiger partial charge is 0.419 e. The van der Waals surface area contributed by atoms with E-state index < -0.39 is 12.0 Å². The molecule has 1 aliphatic rings. The van der Waals surface area contributed by atoms with E-state index in [0.29, 0.717) is 45.8 Å². The van der Waals surface area contributed by atoms with Gasteiger partial charge < -0.3 is 34.4 Å². The third-order valence-electron chi connectivity index (χ3n) is 12.2. The van der Waals surface area contributed by atoms with Crippen LogP contribution in [0.1, 0.15) is 99.9 Å². The molecule has 0 bridgehead atoms. The van der Waals surface area contributed by atoms with E-state index in [9.17, 15) is 24.8 Å². The van der Waals surface area contributed by atoms with Gasteiger partial charge in [-0.05, 0) is 72.6 Å². The molecular weight excluding hydrogens is 891 g/mol. The Hall–Kier alpha value is -6.93. The van der Waals surface area contributed by atoms with Crippen molar-refractivity contribution in [3.05, 3.63) is 125 Å². The van der Waals surface area contributed by atoms with Crippen LogP contribution in [0.5, 0.6) is 23.0 Å². The molecule has 7 rings (SSSR count). The number of nitrogens with one attached hydrogen (secondary N) is 1. The van der Waals surface area contributed by atoms with Crippen LogP contribution >= 0.6 is 11.8 Å². The van der Waals surface area contributed by atoms with Gasteiger partial charge in [0, 0.05) is 66.2 Å². The number of aromatic hydroxyl groups is 1. The first kappa shape index (κ1) is 50.0. The first-order chi connectivity index (χ1) is 33.4. The van der Waals surface area contributed by atoms with Crippen LogP contribution in [-0.4, -0.2) is 62.0 Å². The van der Waals surface area contributed by atoms with Gasteiger partial charge in [0.25, 0.3) is 10.8 Å². The molecule has 69 heavy (non-hydrogen) atoms. The second-order valence-corrected chi connectivity index (χ2v) is 18.9. The maximum atomic E-state index is 14.0. The quantitative estimate of drug-likeness (QED) is 0.0417. The van der Waals surface area contributed by atoms with Gasteiger partial charge in [-0.25, -0.2) is 14.9 Å². The number of carbonyl (C=O) groups excluding carboxylic acids is 2. The van der Waals surface area contributed by atoms with Crippen molar-refractivity contribution >= 4 is 68.7 Å². The van der Waals surface area contributed by atoms with Crippen molar-refractivity contribution < 1.29 is 39.0 Å². The van der Waals surface area contributed by atoms with E-state index in [-0.39, 0.29) is 40.0 Å². The Balaban J connectivity index is 1.02. The molecule has 6 aromatic rings. The number of fused-ring (bicyclic) bond motifs is 3. The Morgan fingerprint density at radius 2 is 1.25 bits per heavy atom. The molecule has 0 atom stereocenters. The summed E-state index contributed by atoms with van der Waals surface area (Å²) < 4.78 is 18.3. The molecule has 13 nitrogen and oxygen atoms in total. The van der Waals surface area contributed by atoms with Crippen LogP contribution < -0.4 is 29.5 Å². The lowest BCUT2D eigenvalue weighted by molar-refractivity contribution is -0.730. The number of unbranched alkanes of at least 4 members (excludes halogenated alkanes) is 11. The summed E-state index contributed by atoms with van der Waals surface area (Å²) in [6.45, 7) is 2.51. The van der Waals surface area contributed by atoms with Crippen LogP contribution in [0.2, 0.25) is 0 Å². The predicted octanol–water partition coefficient (Wildman–Crippen LogP) is 14.5. The molecule has 0 saturated carbocycles. The Labute approximate surface area is 409 Å². The molecule has 0 spiro atoms. The van der Waals surface area contributed by atoms with Crippen molar-refractivity contribution in [1.82, 2.24) is 0 Å². The predicted molar refractivity (Wildman–Crippen MR) is 276 cm³/mol. The molecular formula is C55H64N5O8S+. The highest BCUT2D eigenvalue weighted by Crippen LogP contribution is 2.50. The van der Waals surface area contributed by atoms with Crippen molar-refractivity contribution in [2.24, 2.45) is 0 Å². The number of hydrogen-bond acceptors (Lipinski definition) is 10. The number of nitrogens with zero attached hydrogens (tertiary/aromatic N) is 4. The zero-order valence-electron chi connectivity index (χ0n) is 40.3. The van der Waals surface area contributed by atoms with Gasteiger partial charge in [-0.3, -0.25) is 4.79 Å². The van der Waals surface area contributed by atoms with E-state index in [1.807, 2.05) is 80.5 Å². The Morgan fingerprint density at radius 1 is 0.667 bits per heavy atom. The lowest BCUT2D eigenvalue weighted by atomic mass is 10.0. The molecule has 6 aromatic carbocycles. The minimum atomic E-state index is -0.631. The number of phenolic OH excluding ortho intramolecular Hbond substituents is 1. The van der Waals surface area contributed by atoms with Gasteiger partial charge in [-0.1, -0.05) is 132 Å². The molecule has 0 fully saturated rings. The summed E-state index contributed by atoms with van der Waals surface area (Å²) in [6.07, 6.45) is 14.3. The number of anilines is 5. The molecule has 0 saturated heterocycles. The lowest BCUT2D eigenvalue weighted by Gasteiger charge is -2.32. The lowest BCUT2D eigenvalue weighted by Crippen LogP contribution is -2.29. The maximum Gasteiger partial charge on any atom is 0.419 e. The van der Waals surface area contributed by atoms with Crippen molar-refractivity contribution in [3.63, 3.8) is 0 Å². The summed E-state index contributed by atoms with van der Waals surface area (Å²) in [5.74, 6) is -0.262. The van der Waals surface area contributed by atoms with Crippen molar-refractivity contribution in [2.45, 2.75) is 100 Å². The fourth-order valence-corrected chi connectivity index (χ4v) is 9.48. The molecule has 0 unspecified atom stereocenters. The number of ether oxygens (including phenoxy) is 3. The van der Waals surface area contributed by atoms with Gasteiger partial charge in [-0.15, -0.1) is 0 Å². The third kappa shape index (κ3) is 12.6. The molecule has 1 aliphatic heterocycles. The van der Waals surface area contributed by atoms with Crippen LogP contribution in [0.4, 0.5) is 38.9 Å². The van der Waals surface area contributed by atoms with Crippen LogP contribution in [-0.2, 0) is 11.3 Å². The Morgan fingerprint density at radius 3 is 1.86 bits per heavy atom. The molecule has 3 N–H and O–H groups in total. The summed E-state index contributed by atoms with van der Waals surface area (Å²) in [4.78, 5) is 47.7. The number of para-hydroxylation sites is 2. The second-order valence-electron chi connectivity index (χ2n) is 17.8. The largest absolute Gasteiger partial charge is 0.506 e. The van der Waals surface area contributed by atoms with Gasteiger partial charge in [0.2, 0.25) is 5.75 Å². The van der Waals surface area contributed by atoms with E-state index in [4.69, 9.17) is 14.2 Å². The second kappa shape index (κ2) is 23.9. The molecule has 2 amide bonds. The molecule has 0 aromatic heterocycles. The summed E-state index contributed by atoms with van der Waals surface area (Å²) in [7, 11) is 7.84. The summed E-state index contributed by atoms with van der Waals surface area (Å²) in [5, 5.41) is 25.5. The topological polar surface area (TPSA) is 144 Å². The maximum absolute atomic E-state index is 14.0. The summed E-state index contributed by atoms with van der Waals surface area (Å²) >= 11 is 1.57. The fraction of sp³-hybridized carbons (Fsp3) is 0.345. The van der Waals surface area contributed by atoms with Crippen LogP contribution in [0.15, 0.2) is 119 Å². The molecule has 362 valence electrons. The minimum absolute atomic E-state index is 0.0503. The minimum Gasteiger partial charge on any atom is -0.506 e. The highest BCUT2D eigenvalue weighted by atomic mass is 32.2. The summed E-state index contributed by atoms with van der Waals surface area (Å²) in [6, 6.07) is 31.6. The molecule has 1 heterocycles. The van der Waals surface area contributed by atoms with E-state index in [0.717, 1.165) is 40.4 Å². The number of rotatable bonds is 23. The zero-order valence-corrected chi connectivity index (χ0v) is 41.1. The number of benzene rings is 6. The molecule has 0 aliphatic carbocycles. The standard InChI is InChI=1S/C55H63N5O8S/c1-6-7-8-9-10-11-12-13-14-15-16-21-32-66-48-25-20-19-24-44(48)56-54(62)43-36-50(41-22-17-18-23-42(41)53(43)61)68-49-31-26-38(33-47(49)60(64)65)37-67-55(63)59-45-29-27-39(57(2)3)34-51(45)69-52-35-40(58(4)5)28-30-46(52)59/h17-20,22-31,33-36H,6-16,21,32,37H2,1-5H3,(H2-,56,61,62,64,65)/p+1. The first-order valence-electron chi connectivity index (χ1n) is 24.0. The van der Waals surface area contributed by atoms with Gasteiger partial charge in [0.05, 0.1) is 34.1 Å². The summed E-state index contributed by atoms with van der Waals surface area (Å²) in [5.41, 5.74) is 3.79. The van der Waals surface area contributed by atoms with E-state index in [1.54, 1.807) is 65.2 Å². The Kier molecular flexibility index (Phi) is 17.3. The van der Waals surface area contributed by atoms with E-state index in [2.05, 4.69) is 12.2 Å². The normalized spacial score (nSPS) is 11.7. The van der Waals surface area contributed by atoms with Crippen molar-refractivity contribution in [2.75, 3.05) is 54.8 Å². The molecule has 0 radical (unpaired) electrons. The van der Waals surface area contributed by atoms with Crippen molar-refractivity contribution in [3.8, 4) is 23.0 Å². The SMILES string of the molecule is CCCCCCCCCCCCCCOc1ccccc1NC(=O)c1cc(Oc2ccc(COC(=O)N3c4ccc(N(C)C)cc4Sc4cc(N(C)C)ccc43)cc2[N+](=O)O)c2ccccc2c1O. The number of phenols is 1. The third-order valence-corrected chi connectivity index (χ3v) is 13.3. The van der Waals surface area contributed by atoms with Crippen LogP contribution in [0, 0.1) is 4.91 Å². The van der Waals surface area contributed by atoms with Gasteiger partial charge in [0.15, 0.2) is 0 Å². The van der Waals surface area contributed by atoms with Crippen LogP contribution in [0.25, 0.3) is 10.8 Å². The zero-order chi connectivity index (χ0) is 48.9. The van der Waals surface area contributed by atoms with Gasteiger partial charge >= 0.3 is 11.8 Å². The highest BCUT2D eigenvalue weighted by Gasteiger charge is 2.31. The van der Waals surface area contributed by atoms with Crippen molar-refractivity contribution in [1.29, 1.82) is 0 Å². The van der Waals surface area contributed by atoms with Gasteiger partial charge in [0.1, 0.15) is 23.9 Å². The van der Waals surface area contributed by atoms with E-state index in [1.165, 1.54) is 76.0 Å². The average molecular weight is 955 g/mol. The first-order valence-corrected chi connectivity index (χ1v) is 24.8. The monoisotopic (exact) mass is 954 g/mol. The van der Waals surface area contributed by atoms with E-state index >= 15 is 0 Å². The number of carbonyl (C=O) groups is 2. The fourth-order valence-electron chi connectivity index (χ4n) is 8.35. The number of amides is 2. The van der Waals surface area contributed by atoms with Crippen LogP contribution in [0.3, 0.4) is 0 Å².